The Labute approximate surface area is 201 Å². The van der Waals surface area contributed by atoms with Crippen LogP contribution < -0.4 is 10.2 Å². The second-order valence-corrected chi connectivity index (χ2v) is 8.44. The summed E-state index contributed by atoms with van der Waals surface area (Å²) in [7, 11) is 0. The van der Waals surface area contributed by atoms with E-state index in [1.165, 1.54) is 29.2 Å². The van der Waals surface area contributed by atoms with Crippen LogP contribution in [0.4, 0.5) is 15.8 Å². The average Bonchev–Trinajstić information content (AvgIpc) is 3.03. The predicted octanol–water partition coefficient (Wildman–Crippen LogP) is 5.05. The number of nitrogens with one attached hydrogen (secondary N) is 1. The fourth-order valence-corrected chi connectivity index (χ4v) is 4.26. The Bertz CT molecular complexity index is 1160. The van der Waals surface area contributed by atoms with E-state index in [1.807, 2.05) is 30.3 Å². The van der Waals surface area contributed by atoms with Crippen LogP contribution >= 0.6 is 23.8 Å². The summed E-state index contributed by atoms with van der Waals surface area (Å²) in [6, 6.07) is 21.3. The van der Waals surface area contributed by atoms with Crippen LogP contribution in [-0.2, 0) is 16.0 Å². The quantitative estimate of drug-likeness (QED) is 0.480. The van der Waals surface area contributed by atoms with Gasteiger partial charge in [-0.15, -0.1) is 0 Å². The number of hydrogen-bond acceptors (Lipinski definition) is 3. The topological polar surface area (TPSA) is 52.7 Å². The number of carbonyl (C=O) groups excluding carboxylic acids is 2. The lowest BCUT2D eigenvalue weighted by atomic mass is 10.1. The van der Waals surface area contributed by atoms with Gasteiger partial charge in [-0.3, -0.25) is 14.5 Å². The molecule has 5 nitrogen and oxygen atoms in total. The van der Waals surface area contributed by atoms with Gasteiger partial charge in [0.1, 0.15) is 11.9 Å². The van der Waals surface area contributed by atoms with Gasteiger partial charge in [0.15, 0.2) is 5.11 Å². The Morgan fingerprint density at radius 1 is 1.00 bits per heavy atom. The summed E-state index contributed by atoms with van der Waals surface area (Å²) < 4.78 is 13.4. The Balaban J connectivity index is 1.55. The van der Waals surface area contributed by atoms with Crippen LogP contribution in [0.5, 0.6) is 0 Å². The molecular weight excluding hydrogens is 461 g/mol. The van der Waals surface area contributed by atoms with E-state index >= 15 is 0 Å². The van der Waals surface area contributed by atoms with Crippen molar-refractivity contribution in [1.29, 1.82) is 0 Å². The number of carbonyl (C=O) groups is 2. The smallest absolute Gasteiger partial charge is 0.256 e. The highest BCUT2D eigenvalue weighted by molar-refractivity contribution is 7.80. The molecular formula is C25H21ClFN3O2S. The SMILES string of the molecule is O=C(C[C@H]1C(=O)N(c2ccc(F)cc2)C(=S)N1CCc1ccc(Cl)cc1)Nc1ccccc1. The van der Waals surface area contributed by atoms with Crippen LogP contribution in [0, 0.1) is 5.82 Å². The van der Waals surface area contributed by atoms with Gasteiger partial charge in [-0.25, -0.2) is 4.39 Å². The molecule has 4 rings (SSSR count). The first kappa shape index (κ1) is 22.9. The van der Waals surface area contributed by atoms with E-state index in [-0.39, 0.29) is 23.3 Å². The fourth-order valence-electron chi connectivity index (χ4n) is 3.72. The lowest BCUT2D eigenvalue weighted by Crippen LogP contribution is -2.39. The van der Waals surface area contributed by atoms with Gasteiger partial charge < -0.3 is 10.2 Å². The van der Waals surface area contributed by atoms with Crippen LogP contribution in [0.15, 0.2) is 78.9 Å². The summed E-state index contributed by atoms with van der Waals surface area (Å²) in [6.07, 6.45) is 0.546. The Kier molecular flexibility index (Phi) is 7.01. The van der Waals surface area contributed by atoms with Crippen molar-refractivity contribution < 1.29 is 14.0 Å². The molecule has 168 valence electrons. The van der Waals surface area contributed by atoms with Crippen molar-refractivity contribution in [2.24, 2.45) is 0 Å². The Hall–Kier alpha value is -3.29. The highest BCUT2D eigenvalue weighted by atomic mass is 35.5. The molecule has 0 saturated carbocycles. The third kappa shape index (κ3) is 5.38. The van der Waals surface area contributed by atoms with Crippen molar-refractivity contribution in [3.05, 3.63) is 95.3 Å². The van der Waals surface area contributed by atoms with Crippen molar-refractivity contribution in [1.82, 2.24) is 4.90 Å². The van der Waals surface area contributed by atoms with Crippen LogP contribution in [0.25, 0.3) is 0 Å². The van der Waals surface area contributed by atoms with Gasteiger partial charge in [-0.2, -0.15) is 0 Å². The van der Waals surface area contributed by atoms with Crippen LogP contribution in [0.2, 0.25) is 5.02 Å². The van der Waals surface area contributed by atoms with Gasteiger partial charge in [-0.05, 0) is 72.7 Å². The summed E-state index contributed by atoms with van der Waals surface area (Å²) in [5, 5.41) is 3.76. The predicted molar refractivity (Wildman–Crippen MR) is 132 cm³/mol. The normalized spacial score (nSPS) is 15.8. The molecule has 1 saturated heterocycles. The summed E-state index contributed by atoms with van der Waals surface area (Å²) in [5.41, 5.74) is 2.15. The van der Waals surface area contributed by atoms with E-state index in [1.54, 1.807) is 29.2 Å². The minimum absolute atomic E-state index is 0.0633. The number of para-hydroxylation sites is 1. The zero-order valence-corrected chi connectivity index (χ0v) is 19.2. The fraction of sp³-hybridized carbons (Fsp3) is 0.160. The van der Waals surface area contributed by atoms with E-state index in [2.05, 4.69) is 5.32 Å². The molecule has 3 aromatic rings. The molecule has 0 spiro atoms. The molecule has 1 fully saturated rings. The number of benzene rings is 3. The maximum absolute atomic E-state index is 13.4. The first-order valence-electron chi connectivity index (χ1n) is 10.4. The minimum atomic E-state index is -0.765. The average molecular weight is 482 g/mol. The maximum Gasteiger partial charge on any atom is 0.256 e. The summed E-state index contributed by atoms with van der Waals surface area (Å²) >= 11 is 11.6. The molecule has 1 heterocycles. The van der Waals surface area contributed by atoms with Gasteiger partial charge in [0.05, 0.1) is 12.1 Å². The van der Waals surface area contributed by atoms with Crippen molar-refractivity contribution >= 4 is 52.1 Å². The van der Waals surface area contributed by atoms with Crippen molar-refractivity contribution in [2.45, 2.75) is 18.9 Å². The number of amides is 2. The molecule has 2 amide bonds. The molecule has 1 aliphatic heterocycles. The second-order valence-electron chi connectivity index (χ2n) is 7.64. The van der Waals surface area contributed by atoms with Gasteiger partial charge >= 0.3 is 0 Å². The van der Waals surface area contributed by atoms with Crippen LogP contribution in [0.1, 0.15) is 12.0 Å². The summed E-state index contributed by atoms with van der Waals surface area (Å²) in [6.45, 7) is 0.438. The van der Waals surface area contributed by atoms with Crippen LogP contribution in [-0.4, -0.2) is 34.4 Å². The first-order chi connectivity index (χ1) is 15.9. The third-order valence-electron chi connectivity index (χ3n) is 5.39. The molecule has 8 heteroatoms. The Morgan fingerprint density at radius 2 is 1.67 bits per heavy atom. The van der Waals surface area contributed by atoms with Gasteiger partial charge in [-0.1, -0.05) is 41.9 Å². The molecule has 3 aromatic carbocycles. The highest BCUT2D eigenvalue weighted by Gasteiger charge is 2.43. The maximum atomic E-state index is 13.4. The van der Waals surface area contributed by atoms with E-state index in [9.17, 15) is 14.0 Å². The van der Waals surface area contributed by atoms with Crippen molar-refractivity contribution in [3.8, 4) is 0 Å². The molecule has 1 N–H and O–H groups in total. The molecule has 0 radical (unpaired) electrons. The number of hydrogen-bond donors (Lipinski definition) is 1. The van der Waals surface area contributed by atoms with Gasteiger partial charge in [0.2, 0.25) is 5.91 Å². The van der Waals surface area contributed by atoms with Gasteiger partial charge in [0.25, 0.3) is 5.91 Å². The van der Waals surface area contributed by atoms with Crippen molar-refractivity contribution in [2.75, 3.05) is 16.8 Å². The lowest BCUT2D eigenvalue weighted by Gasteiger charge is -2.24. The minimum Gasteiger partial charge on any atom is -0.336 e. The highest BCUT2D eigenvalue weighted by Crippen LogP contribution is 2.28. The number of nitrogens with zero attached hydrogens (tertiary/aromatic N) is 2. The summed E-state index contributed by atoms with van der Waals surface area (Å²) in [4.78, 5) is 29.2. The van der Waals surface area contributed by atoms with E-state index in [0.29, 0.717) is 29.4 Å². The number of halogens is 2. The molecule has 0 aliphatic carbocycles. The second kappa shape index (κ2) is 10.1. The molecule has 0 aromatic heterocycles. The molecule has 1 atom stereocenters. The first-order valence-corrected chi connectivity index (χ1v) is 11.2. The zero-order chi connectivity index (χ0) is 23.4. The molecule has 1 aliphatic rings. The van der Waals surface area contributed by atoms with Gasteiger partial charge in [0, 0.05) is 17.3 Å². The number of rotatable bonds is 7. The Morgan fingerprint density at radius 3 is 2.33 bits per heavy atom. The zero-order valence-electron chi connectivity index (χ0n) is 17.6. The van der Waals surface area contributed by atoms with E-state index in [0.717, 1.165) is 5.56 Å². The number of anilines is 2. The largest absolute Gasteiger partial charge is 0.336 e. The van der Waals surface area contributed by atoms with E-state index < -0.39 is 11.9 Å². The molecule has 33 heavy (non-hydrogen) atoms. The monoisotopic (exact) mass is 481 g/mol. The van der Waals surface area contributed by atoms with Crippen LogP contribution in [0.3, 0.4) is 0 Å². The lowest BCUT2D eigenvalue weighted by molar-refractivity contribution is -0.124. The number of thiocarbonyl (C=S) groups is 1. The summed E-state index contributed by atoms with van der Waals surface area (Å²) in [5.74, 6) is -1.01. The third-order valence-corrected chi connectivity index (χ3v) is 6.06. The van der Waals surface area contributed by atoms with Crippen molar-refractivity contribution in [3.63, 3.8) is 0 Å². The van der Waals surface area contributed by atoms with E-state index in [4.69, 9.17) is 23.8 Å². The standard InChI is InChI=1S/C25H21ClFN3O2S/c26-18-8-6-17(7-9-18)14-15-29-22(16-23(31)28-20-4-2-1-3-5-20)24(32)30(25(29)33)21-12-10-19(27)11-13-21/h1-13,22H,14-16H2,(H,28,31)/t22-/m0/s1. The molecule has 0 bridgehead atoms. The molecule has 0 unspecified atom stereocenters.